The van der Waals surface area contributed by atoms with Gasteiger partial charge >= 0.3 is 0 Å². The van der Waals surface area contributed by atoms with Gasteiger partial charge in [0.05, 0.1) is 32.8 Å². The van der Waals surface area contributed by atoms with Crippen LogP contribution in [0.3, 0.4) is 0 Å². The van der Waals surface area contributed by atoms with E-state index < -0.39 is 24.1 Å². The average molecular weight is 532 g/mol. The van der Waals surface area contributed by atoms with E-state index in [4.69, 9.17) is 4.74 Å². The van der Waals surface area contributed by atoms with Crippen LogP contribution in [-0.4, -0.2) is 31.5 Å². The average Bonchev–Trinajstić information content (AvgIpc) is 3.54. The largest absolute Gasteiger partial charge is 0.506 e. The van der Waals surface area contributed by atoms with Gasteiger partial charge in [0, 0.05) is 36.8 Å². The number of benzene rings is 2. The highest BCUT2D eigenvalue weighted by molar-refractivity contribution is 7.22. The Bertz CT molecular complexity index is 1650. The van der Waals surface area contributed by atoms with Gasteiger partial charge in [-0.25, -0.2) is 9.37 Å². The number of carbonyl (C=O) groups is 2. The summed E-state index contributed by atoms with van der Waals surface area (Å²) < 4.78 is 23.5. The van der Waals surface area contributed by atoms with Crippen LogP contribution in [0.25, 0.3) is 20.8 Å². The first kappa shape index (κ1) is 24.9. The maximum Gasteiger partial charge on any atom is 0.233 e. The van der Waals surface area contributed by atoms with Crippen molar-refractivity contribution in [2.24, 2.45) is 0 Å². The van der Waals surface area contributed by atoms with Gasteiger partial charge < -0.3 is 25.0 Å². The first-order chi connectivity index (χ1) is 18.4. The predicted molar refractivity (Wildman–Crippen MR) is 143 cm³/mol. The number of hydrogen-bond acceptors (Lipinski definition) is 7. The number of nitrogens with zero attached hydrogens (tertiary/aromatic N) is 3. The molecule has 3 N–H and O–H groups in total. The number of fused-ring (bicyclic) bond motifs is 1. The lowest BCUT2D eigenvalue weighted by Crippen LogP contribution is -2.21. The number of thiophene rings is 1. The molecule has 0 saturated heterocycles. The lowest BCUT2D eigenvalue weighted by atomic mass is 10.2. The number of nitrogens with one attached hydrogen (secondary N) is 2. The van der Waals surface area contributed by atoms with Crippen molar-refractivity contribution in [2.45, 2.75) is 19.9 Å². The lowest BCUT2D eigenvalue weighted by molar-refractivity contribution is -0.123. The summed E-state index contributed by atoms with van der Waals surface area (Å²) in [5.41, 5.74) is 1.89. The summed E-state index contributed by atoms with van der Waals surface area (Å²) in [5, 5.41) is 14.7. The zero-order valence-corrected chi connectivity index (χ0v) is 21.0. The number of ether oxygens (including phenoxy) is 1. The number of aromatic nitrogens is 3. The second-order valence-electron chi connectivity index (χ2n) is 8.26. The Morgan fingerprint density at radius 3 is 2.63 bits per heavy atom. The number of pyridine rings is 1. The van der Waals surface area contributed by atoms with E-state index in [0.717, 1.165) is 27.9 Å². The Morgan fingerprint density at radius 2 is 1.87 bits per heavy atom. The second kappa shape index (κ2) is 10.7. The Hall–Kier alpha value is -4.77. The van der Waals surface area contributed by atoms with Crippen LogP contribution < -0.4 is 15.4 Å². The van der Waals surface area contributed by atoms with Gasteiger partial charge in [-0.05, 0) is 37.3 Å². The number of phenolic OH excluding ortho intramolecular Hbond substituents is 1. The third-order valence-corrected chi connectivity index (χ3v) is 6.72. The maximum absolute atomic E-state index is 14.9. The molecule has 5 aromatic rings. The number of hydrogen-bond donors (Lipinski definition) is 3. The number of amides is 2. The van der Waals surface area contributed by atoms with Crippen molar-refractivity contribution in [3.63, 3.8) is 0 Å². The van der Waals surface area contributed by atoms with Crippen molar-refractivity contribution in [3.8, 4) is 27.8 Å². The van der Waals surface area contributed by atoms with E-state index in [1.165, 1.54) is 35.6 Å². The number of imidazole rings is 1. The van der Waals surface area contributed by atoms with Crippen LogP contribution >= 0.6 is 11.3 Å². The van der Waals surface area contributed by atoms with Crippen molar-refractivity contribution in [3.05, 3.63) is 79.1 Å². The number of para-hydroxylation sites is 2. The Morgan fingerprint density at radius 1 is 1.05 bits per heavy atom. The monoisotopic (exact) mass is 531 g/mol. The normalized spacial score (nSPS) is 10.9. The van der Waals surface area contributed by atoms with Crippen molar-refractivity contribution in [1.29, 1.82) is 0 Å². The number of halogens is 1. The van der Waals surface area contributed by atoms with Crippen LogP contribution in [0.5, 0.6) is 17.2 Å². The van der Waals surface area contributed by atoms with Gasteiger partial charge in [0.2, 0.25) is 11.8 Å². The van der Waals surface area contributed by atoms with E-state index in [-0.39, 0.29) is 22.9 Å². The van der Waals surface area contributed by atoms with Gasteiger partial charge in [0.1, 0.15) is 17.9 Å². The van der Waals surface area contributed by atoms with Crippen molar-refractivity contribution in [1.82, 2.24) is 14.5 Å². The number of phenols is 1. The van der Waals surface area contributed by atoms with Gasteiger partial charge in [0.15, 0.2) is 11.6 Å². The standard InChI is InChI=1S/C27H22FN5O4S/c1-2-33-14-20(30-15-33)24-12-19-27(38-24)23(9-10-29-19)37-22-8-7-16(11-17(22)28)31-25(35)13-26(36)32-18-5-3-4-6-21(18)34/h3-12,14-15,34H,2,13H2,1H3,(H,31,35)(H,32,36). The van der Waals surface area contributed by atoms with Gasteiger partial charge in [-0.1, -0.05) is 12.1 Å². The molecule has 0 unspecified atom stereocenters. The van der Waals surface area contributed by atoms with Gasteiger partial charge in [-0.3, -0.25) is 14.6 Å². The number of anilines is 2. The van der Waals surface area contributed by atoms with Crippen LogP contribution in [0.1, 0.15) is 13.3 Å². The lowest BCUT2D eigenvalue weighted by Gasteiger charge is -2.10. The highest BCUT2D eigenvalue weighted by Gasteiger charge is 2.16. The van der Waals surface area contributed by atoms with Crippen LogP contribution in [-0.2, 0) is 16.1 Å². The Balaban J connectivity index is 1.26. The van der Waals surface area contributed by atoms with E-state index in [2.05, 4.69) is 20.6 Å². The number of rotatable bonds is 8. The zero-order valence-electron chi connectivity index (χ0n) is 20.1. The summed E-state index contributed by atoms with van der Waals surface area (Å²) in [5.74, 6) is -1.65. The predicted octanol–water partition coefficient (Wildman–Crippen LogP) is 5.78. The van der Waals surface area contributed by atoms with Gasteiger partial charge in [0.25, 0.3) is 0 Å². The summed E-state index contributed by atoms with van der Waals surface area (Å²) in [6, 6.07) is 13.7. The molecule has 0 aliphatic carbocycles. The molecule has 0 saturated carbocycles. The quantitative estimate of drug-likeness (QED) is 0.172. The molecule has 192 valence electrons. The minimum atomic E-state index is -0.690. The molecule has 0 radical (unpaired) electrons. The highest BCUT2D eigenvalue weighted by atomic mass is 32.1. The van der Waals surface area contributed by atoms with Crippen molar-refractivity contribution in [2.75, 3.05) is 10.6 Å². The molecule has 0 atom stereocenters. The van der Waals surface area contributed by atoms with E-state index in [9.17, 15) is 19.1 Å². The summed E-state index contributed by atoms with van der Waals surface area (Å²) in [6.07, 6.45) is 4.79. The Kier molecular flexibility index (Phi) is 7.00. The SMILES string of the molecule is CCn1cnc(-c2cc3nccc(Oc4ccc(NC(=O)CC(=O)Nc5ccccc5O)cc4F)c3s2)c1. The third kappa shape index (κ3) is 5.47. The fourth-order valence-electron chi connectivity index (χ4n) is 3.69. The van der Waals surface area contributed by atoms with E-state index in [1.54, 1.807) is 30.7 Å². The molecule has 3 heterocycles. The molecule has 5 rings (SSSR count). The van der Waals surface area contributed by atoms with E-state index in [0.29, 0.717) is 11.3 Å². The number of aromatic hydroxyl groups is 1. The van der Waals surface area contributed by atoms with Crippen LogP contribution in [0.2, 0.25) is 0 Å². The van der Waals surface area contributed by atoms with Crippen molar-refractivity contribution < 1.29 is 23.8 Å². The van der Waals surface area contributed by atoms with E-state index >= 15 is 0 Å². The summed E-state index contributed by atoms with van der Waals surface area (Å²) in [4.78, 5) is 34.1. The molecule has 0 fully saturated rings. The molecular formula is C27H22FN5O4S. The third-order valence-electron chi connectivity index (χ3n) is 5.56. The molecule has 0 spiro atoms. The summed E-state index contributed by atoms with van der Waals surface area (Å²) in [7, 11) is 0. The fraction of sp³-hybridized carbons (Fsp3) is 0.111. The molecule has 0 aliphatic heterocycles. The Labute approximate surface area is 220 Å². The van der Waals surface area contributed by atoms with Gasteiger partial charge in [-0.2, -0.15) is 0 Å². The molecule has 0 bridgehead atoms. The molecule has 11 heteroatoms. The molecule has 2 aromatic carbocycles. The summed E-state index contributed by atoms with van der Waals surface area (Å²) >= 11 is 1.45. The fourth-order valence-corrected chi connectivity index (χ4v) is 4.71. The smallest absolute Gasteiger partial charge is 0.233 e. The van der Waals surface area contributed by atoms with E-state index in [1.807, 2.05) is 23.8 Å². The molecule has 9 nitrogen and oxygen atoms in total. The minimum absolute atomic E-state index is 0.0296. The number of aryl methyl sites for hydroxylation is 1. The molecule has 2 amide bonds. The zero-order chi connectivity index (χ0) is 26.6. The first-order valence-corrected chi connectivity index (χ1v) is 12.5. The molecular weight excluding hydrogens is 509 g/mol. The first-order valence-electron chi connectivity index (χ1n) is 11.7. The van der Waals surface area contributed by atoms with Crippen LogP contribution in [0, 0.1) is 5.82 Å². The van der Waals surface area contributed by atoms with Crippen molar-refractivity contribution >= 4 is 44.7 Å². The minimum Gasteiger partial charge on any atom is -0.506 e. The number of carbonyl (C=O) groups excluding carboxylic acids is 2. The van der Waals surface area contributed by atoms with Crippen LogP contribution in [0.4, 0.5) is 15.8 Å². The molecule has 3 aromatic heterocycles. The topological polar surface area (TPSA) is 118 Å². The maximum atomic E-state index is 14.9. The molecule has 0 aliphatic rings. The second-order valence-corrected chi connectivity index (χ2v) is 9.31. The highest BCUT2D eigenvalue weighted by Crippen LogP contribution is 2.39. The van der Waals surface area contributed by atoms with Gasteiger partial charge in [-0.15, -0.1) is 11.3 Å². The van der Waals surface area contributed by atoms with Crippen LogP contribution in [0.15, 0.2) is 73.3 Å². The molecule has 38 heavy (non-hydrogen) atoms. The summed E-state index contributed by atoms with van der Waals surface area (Å²) in [6.45, 7) is 2.84.